The van der Waals surface area contributed by atoms with Crippen LogP contribution >= 0.6 is 27.3 Å². The zero-order valence-electron chi connectivity index (χ0n) is 10.4. The summed E-state index contributed by atoms with van der Waals surface area (Å²) in [5, 5.41) is 7.99. The van der Waals surface area contributed by atoms with Gasteiger partial charge in [-0.05, 0) is 28.8 Å². The van der Waals surface area contributed by atoms with Gasteiger partial charge in [-0.25, -0.2) is 4.79 Å². The summed E-state index contributed by atoms with van der Waals surface area (Å²) < 4.78 is 38.0. The van der Waals surface area contributed by atoms with Gasteiger partial charge in [0.2, 0.25) is 0 Å². The molecule has 0 aromatic carbocycles. The first-order valence-corrected chi connectivity index (χ1v) is 7.52. The Bertz CT molecular complexity index is 616. The van der Waals surface area contributed by atoms with Crippen molar-refractivity contribution in [3.8, 4) is 0 Å². The Morgan fingerprint density at radius 2 is 1.95 bits per heavy atom. The lowest BCUT2D eigenvalue weighted by molar-refractivity contribution is -0.153. The Labute approximate surface area is 129 Å². The van der Waals surface area contributed by atoms with E-state index in [4.69, 9.17) is 0 Å². The Morgan fingerprint density at radius 3 is 2.43 bits per heavy atom. The summed E-state index contributed by atoms with van der Waals surface area (Å²) in [6.45, 7) is -1.56. The van der Waals surface area contributed by atoms with E-state index in [1.807, 2.05) is 0 Å². The number of alkyl halides is 3. The molecular weight excluding hydrogens is 377 g/mol. The molecule has 2 heterocycles. The predicted molar refractivity (Wildman–Crippen MR) is 68.3 cm³/mol. The van der Waals surface area contributed by atoms with Gasteiger partial charge in [0.15, 0.2) is 3.92 Å². The zero-order chi connectivity index (χ0) is 15.4. The molecule has 1 aromatic rings. The molecule has 2 aliphatic rings. The van der Waals surface area contributed by atoms with Crippen LogP contribution < -0.4 is 0 Å². The van der Waals surface area contributed by atoms with E-state index in [0.717, 1.165) is 0 Å². The first-order valence-electron chi connectivity index (χ1n) is 5.91. The van der Waals surface area contributed by atoms with Crippen LogP contribution in [0.2, 0.25) is 0 Å². The van der Waals surface area contributed by atoms with Gasteiger partial charge < -0.3 is 4.90 Å². The zero-order valence-corrected chi connectivity index (χ0v) is 12.8. The number of rotatable bonds is 3. The molecule has 0 N–H and O–H groups in total. The highest BCUT2D eigenvalue weighted by atomic mass is 79.9. The van der Waals surface area contributed by atoms with Crippen molar-refractivity contribution < 1.29 is 22.8 Å². The fourth-order valence-corrected chi connectivity index (χ4v) is 3.55. The molecule has 114 valence electrons. The maximum atomic E-state index is 12.5. The van der Waals surface area contributed by atoms with E-state index in [-0.39, 0.29) is 11.4 Å². The smallest absolute Gasteiger partial charge is 0.303 e. The molecule has 1 aromatic heterocycles. The molecule has 2 fully saturated rings. The number of carbonyl (C=O) groups is 2. The van der Waals surface area contributed by atoms with Crippen LogP contribution in [-0.2, 0) is 11.3 Å². The lowest BCUT2D eigenvalue weighted by Crippen LogP contribution is -2.39. The molecule has 0 unspecified atom stereocenters. The van der Waals surface area contributed by atoms with Crippen molar-refractivity contribution in [2.75, 3.05) is 6.54 Å². The largest absolute Gasteiger partial charge is 0.406 e. The number of nitrogens with zero attached hydrogens (tertiary/aromatic N) is 4. The second-order valence-electron chi connectivity index (χ2n) is 4.86. The number of carbonyl (C=O) groups excluding carboxylic acids is 2. The van der Waals surface area contributed by atoms with Crippen molar-refractivity contribution in [2.45, 2.75) is 31.1 Å². The van der Waals surface area contributed by atoms with Gasteiger partial charge in [-0.2, -0.15) is 13.2 Å². The molecule has 0 radical (unpaired) electrons. The quantitative estimate of drug-likeness (QED) is 0.749. The van der Waals surface area contributed by atoms with E-state index in [9.17, 15) is 22.8 Å². The van der Waals surface area contributed by atoms with Gasteiger partial charge >= 0.3 is 12.2 Å². The van der Waals surface area contributed by atoms with Gasteiger partial charge in [0.05, 0.1) is 6.54 Å². The Kier molecular flexibility index (Phi) is 3.24. The molecule has 11 heteroatoms. The van der Waals surface area contributed by atoms with Gasteiger partial charge in [0, 0.05) is 0 Å². The third kappa shape index (κ3) is 2.52. The van der Waals surface area contributed by atoms with E-state index in [2.05, 4.69) is 26.1 Å². The second-order valence-corrected chi connectivity index (χ2v) is 7.19. The monoisotopic (exact) mass is 384 g/mol. The number of urea groups is 1. The molecular formula is C10H8BrF3N4O2S. The SMILES string of the molecule is O=C1N(CC(F)(F)F)C(=O)C2(CC2)N1Cc1nnc(Br)s1. The highest BCUT2D eigenvalue weighted by molar-refractivity contribution is 9.11. The molecule has 1 spiro atoms. The van der Waals surface area contributed by atoms with Crippen molar-refractivity contribution in [1.82, 2.24) is 20.0 Å². The average Bonchev–Trinajstić information content (AvgIpc) is 3.04. The minimum Gasteiger partial charge on any atom is -0.303 e. The molecule has 0 atom stereocenters. The molecule has 0 bridgehead atoms. The van der Waals surface area contributed by atoms with Crippen molar-refractivity contribution in [1.29, 1.82) is 0 Å². The molecule has 6 nitrogen and oxygen atoms in total. The standard InChI is InChI=1S/C10H8BrF3N4O2S/c11-7-16-15-5(21-7)3-18-8(20)17(4-10(12,13)14)6(19)9(18)1-2-9/h1-4H2. The third-order valence-electron chi connectivity index (χ3n) is 3.42. The van der Waals surface area contributed by atoms with Gasteiger partial charge in [-0.1, -0.05) is 11.3 Å². The minimum atomic E-state index is -4.61. The van der Waals surface area contributed by atoms with Crippen molar-refractivity contribution in [2.24, 2.45) is 0 Å². The number of imide groups is 1. The maximum absolute atomic E-state index is 12.5. The minimum absolute atomic E-state index is 0.0117. The summed E-state index contributed by atoms with van der Waals surface area (Å²) in [4.78, 5) is 25.7. The lowest BCUT2D eigenvalue weighted by atomic mass is 10.2. The Hall–Kier alpha value is -1.23. The molecule has 3 amide bonds. The van der Waals surface area contributed by atoms with E-state index in [0.29, 0.717) is 21.8 Å². The van der Waals surface area contributed by atoms with Gasteiger partial charge in [-0.15, -0.1) is 10.2 Å². The number of aromatic nitrogens is 2. The summed E-state index contributed by atoms with van der Waals surface area (Å²) in [5.41, 5.74) is -1.11. The van der Waals surface area contributed by atoms with E-state index in [1.165, 1.54) is 16.2 Å². The summed E-state index contributed by atoms with van der Waals surface area (Å²) >= 11 is 4.29. The van der Waals surface area contributed by atoms with E-state index in [1.54, 1.807) is 0 Å². The van der Waals surface area contributed by atoms with Crippen LogP contribution in [0.1, 0.15) is 17.8 Å². The number of amides is 3. The van der Waals surface area contributed by atoms with Crippen LogP contribution in [0.5, 0.6) is 0 Å². The first kappa shape index (κ1) is 14.7. The molecule has 1 saturated heterocycles. The molecule has 3 rings (SSSR count). The molecule has 1 aliphatic heterocycles. The van der Waals surface area contributed by atoms with Gasteiger partial charge in [-0.3, -0.25) is 9.69 Å². The van der Waals surface area contributed by atoms with Crippen LogP contribution in [0.25, 0.3) is 0 Å². The fraction of sp³-hybridized carbons (Fsp3) is 0.600. The van der Waals surface area contributed by atoms with Crippen LogP contribution in [0, 0.1) is 0 Å². The van der Waals surface area contributed by atoms with Gasteiger partial charge in [0.1, 0.15) is 17.1 Å². The lowest BCUT2D eigenvalue weighted by Gasteiger charge is -2.19. The van der Waals surface area contributed by atoms with E-state index >= 15 is 0 Å². The van der Waals surface area contributed by atoms with E-state index < -0.39 is 30.2 Å². The average molecular weight is 385 g/mol. The van der Waals surface area contributed by atoms with Crippen LogP contribution in [0.15, 0.2) is 3.92 Å². The first-order chi connectivity index (χ1) is 9.73. The molecule has 21 heavy (non-hydrogen) atoms. The normalized spacial score (nSPS) is 20.8. The predicted octanol–water partition coefficient (Wildman–Crippen LogP) is 2.16. The van der Waals surface area contributed by atoms with Crippen LogP contribution in [0.4, 0.5) is 18.0 Å². The fourth-order valence-electron chi connectivity index (χ4n) is 2.35. The van der Waals surface area contributed by atoms with Crippen molar-refractivity contribution in [3.63, 3.8) is 0 Å². The highest BCUT2D eigenvalue weighted by Crippen LogP contribution is 2.49. The Morgan fingerprint density at radius 1 is 1.29 bits per heavy atom. The second kappa shape index (κ2) is 4.63. The molecule has 1 saturated carbocycles. The summed E-state index contributed by atoms with van der Waals surface area (Å²) in [6, 6.07) is -0.916. The number of hydrogen-bond acceptors (Lipinski definition) is 5. The summed E-state index contributed by atoms with van der Waals surface area (Å²) in [7, 11) is 0. The summed E-state index contributed by atoms with van der Waals surface area (Å²) in [6.07, 6.45) is -3.85. The maximum Gasteiger partial charge on any atom is 0.406 e. The van der Waals surface area contributed by atoms with Crippen molar-refractivity contribution >= 4 is 39.2 Å². The van der Waals surface area contributed by atoms with Gasteiger partial charge in [0.25, 0.3) is 5.91 Å². The number of halogens is 4. The van der Waals surface area contributed by atoms with Crippen LogP contribution in [0.3, 0.4) is 0 Å². The summed E-state index contributed by atoms with van der Waals surface area (Å²) in [5.74, 6) is -0.770. The van der Waals surface area contributed by atoms with Crippen molar-refractivity contribution in [3.05, 3.63) is 8.92 Å². The van der Waals surface area contributed by atoms with Crippen LogP contribution in [-0.4, -0.2) is 50.2 Å². The molecule has 1 aliphatic carbocycles. The Balaban J connectivity index is 1.84. The topological polar surface area (TPSA) is 66.4 Å². The highest BCUT2D eigenvalue weighted by Gasteiger charge is 2.65. The third-order valence-corrected chi connectivity index (χ3v) is 4.76. The number of hydrogen-bond donors (Lipinski definition) is 0.